The predicted octanol–water partition coefficient (Wildman–Crippen LogP) is 1.56. The Bertz CT molecular complexity index is 316. The van der Waals surface area contributed by atoms with Crippen LogP contribution in [0, 0.1) is 0 Å². The van der Waals surface area contributed by atoms with Crippen LogP contribution in [0.4, 0.5) is 5.69 Å². The maximum atomic E-state index is 10.9. The maximum absolute atomic E-state index is 10.9. The summed E-state index contributed by atoms with van der Waals surface area (Å²) >= 11 is 3.89. The number of carbonyl (C=O) groups is 1. The fourth-order valence-electron chi connectivity index (χ4n) is 1.41. The quantitative estimate of drug-likeness (QED) is 0.582. The monoisotopic (exact) mass is 238 g/mol. The zero-order valence-corrected chi connectivity index (χ0v) is 10.4. The molecule has 1 amide bonds. The molecule has 0 saturated carbocycles. The van der Waals surface area contributed by atoms with Gasteiger partial charge in [-0.3, -0.25) is 4.79 Å². The van der Waals surface area contributed by atoms with Gasteiger partial charge in [0.25, 0.3) is 0 Å². The molecular formula is C12H18N2OS. The molecule has 0 heterocycles. The molecule has 16 heavy (non-hydrogen) atoms. The Morgan fingerprint density at radius 2 is 2.06 bits per heavy atom. The molecule has 0 fully saturated rings. The molecule has 1 rings (SSSR count). The Morgan fingerprint density at radius 1 is 1.38 bits per heavy atom. The topological polar surface area (TPSA) is 32.3 Å². The molecule has 1 aromatic rings. The largest absolute Gasteiger partial charge is 0.375 e. The van der Waals surface area contributed by atoms with Crippen molar-refractivity contribution in [2.24, 2.45) is 0 Å². The van der Waals surface area contributed by atoms with Crippen LogP contribution in [-0.2, 0) is 4.79 Å². The van der Waals surface area contributed by atoms with Crippen LogP contribution < -0.4 is 10.2 Å². The summed E-state index contributed by atoms with van der Waals surface area (Å²) in [5.74, 6) is 0.250. The van der Waals surface area contributed by atoms with E-state index in [0.717, 1.165) is 13.0 Å². The normalized spacial score (nSPS) is 9.88. The van der Waals surface area contributed by atoms with Gasteiger partial charge in [-0.05, 0) is 18.6 Å². The van der Waals surface area contributed by atoms with Crippen LogP contribution in [0.2, 0.25) is 0 Å². The lowest BCUT2D eigenvalue weighted by atomic mass is 10.3. The lowest BCUT2D eigenvalue weighted by Gasteiger charge is -2.19. The first-order valence-electron chi connectivity index (χ1n) is 5.38. The van der Waals surface area contributed by atoms with E-state index in [4.69, 9.17) is 0 Å². The molecule has 0 aliphatic heterocycles. The lowest BCUT2D eigenvalue weighted by Crippen LogP contribution is -2.28. The highest BCUT2D eigenvalue weighted by Crippen LogP contribution is 2.10. The molecule has 0 radical (unpaired) electrons. The smallest absolute Gasteiger partial charge is 0.229 e. The van der Waals surface area contributed by atoms with Crippen LogP contribution in [0.15, 0.2) is 30.3 Å². The van der Waals surface area contributed by atoms with Gasteiger partial charge in [0.05, 0.1) is 5.75 Å². The second-order valence-corrected chi connectivity index (χ2v) is 3.93. The lowest BCUT2D eigenvalue weighted by molar-refractivity contribution is -0.118. The van der Waals surface area contributed by atoms with Crippen molar-refractivity contribution in [3.63, 3.8) is 0 Å². The minimum atomic E-state index is -0.00861. The van der Waals surface area contributed by atoms with E-state index < -0.39 is 0 Å². The predicted molar refractivity (Wildman–Crippen MR) is 71.2 cm³/mol. The van der Waals surface area contributed by atoms with Crippen molar-refractivity contribution < 1.29 is 4.79 Å². The Labute approximate surface area is 102 Å². The average molecular weight is 238 g/mol. The Kier molecular flexibility index (Phi) is 5.78. The zero-order valence-electron chi connectivity index (χ0n) is 9.52. The minimum Gasteiger partial charge on any atom is -0.375 e. The summed E-state index contributed by atoms with van der Waals surface area (Å²) in [4.78, 5) is 13.1. The van der Waals surface area contributed by atoms with E-state index in [-0.39, 0.29) is 11.7 Å². The summed E-state index contributed by atoms with van der Waals surface area (Å²) < 4.78 is 0. The van der Waals surface area contributed by atoms with E-state index in [0.29, 0.717) is 6.54 Å². The first-order valence-corrected chi connectivity index (χ1v) is 6.01. The molecule has 0 spiro atoms. The summed E-state index contributed by atoms with van der Waals surface area (Å²) in [5.41, 5.74) is 1.20. The number of rotatable bonds is 6. The SMILES string of the molecule is CN(CCCNC(=O)CS)c1ccccc1. The van der Waals surface area contributed by atoms with Crippen LogP contribution in [0.5, 0.6) is 0 Å². The molecule has 0 aromatic heterocycles. The molecule has 0 aliphatic carbocycles. The van der Waals surface area contributed by atoms with Crippen LogP contribution in [0.25, 0.3) is 0 Å². The van der Waals surface area contributed by atoms with Gasteiger partial charge in [0.2, 0.25) is 5.91 Å². The number of carbonyl (C=O) groups excluding carboxylic acids is 1. The number of para-hydroxylation sites is 1. The second-order valence-electron chi connectivity index (χ2n) is 3.62. The van der Waals surface area contributed by atoms with Gasteiger partial charge in [0.15, 0.2) is 0 Å². The first kappa shape index (κ1) is 12.9. The molecule has 0 saturated heterocycles. The van der Waals surface area contributed by atoms with E-state index in [9.17, 15) is 4.79 Å². The van der Waals surface area contributed by atoms with E-state index in [1.807, 2.05) is 18.2 Å². The van der Waals surface area contributed by atoms with Crippen LogP contribution in [0.1, 0.15) is 6.42 Å². The average Bonchev–Trinajstić information content (AvgIpc) is 2.35. The van der Waals surface area contributed by atoms with Crippen molar-refractivity contribution in [3.05, 3.63) is 30.3 Å². The summed E-state index contributed by atoms with van der Waals surface area (Å²) in [6, 6.07) is 10.2. The van der Waals surface area contributed by atoms with Gasteiger partial charge in [0, 0.05) is 25.8 Å². The molecule has 3 nitrogen and oxygen atoms in total. The third-order valence-corrected chi connectivity index (χ3v) is 2.62. The highest BCUT2D eigenvalue weighted by atomic mass is 32.1. The first-order chi connectivity index (χ1) is 7.74. The van der Waals surface area contributed by atoms with Gasteiger partial charge in [0.1, 0.15) is 0 Å². The highest BCUT2D eigenvalue weighted by Gasteiger charge is 2.00. The standard InChI is InChI=1S/C12H18N2OS/c1-14(11-6-3-2-4-7-11)9-5-8-13-12(15)10-16/h2-4,6-7,16H,5,8-10H2,1H3,(H,13,15). The number of nitrogens with one attached hydrogen (secondary N) is 1. The summed E-state index contributed by atoms with van der Waals surface area (Å²) in [6.45, 7) is 1.63. The molecule has 0 bridgehead atoms. The highest BCUT2D eigenvalue weighted by molar-refractivity contribution is 7.81. The Morgan fingerprint density at radius 3 is 2.69 bits per heavy atom. The zero-order chi connectivity index (χ0) is 11.8. The van der Waals surface area contributed by atoms with Crippen LogP contribution in [0.3, 0.4) is 0 Å². The van der Waals surface area contributed by atoms with E-state index >= 15 is 0 Å². The maximum Gasteiger partial charge on any atom is 0.229 e. The molecule has 88 valence electrons. The fraction of sp³-hybridized carbons (Fsp3) is 0.417. The molecule has 1 aromatic carbocycles. The second kappa shape index (κ2) is 7.17. The fourth-order valence-corrected chi connectivity index (χ4v) is 1.52. The number of hydrogen-bond donors (Lipinski definition) is 2. The van der Waals surface area contributed by atoms with Crippen molar-refractivity contribution in [3.8, 4) is 0 Å². The molecule has 4 heteroatoms. The summed E-state index contributed by atoms with van der Waals surface area (Å²) in [6.07, 6.45) is 0.935. The Balaban J connectivity index is 2.21. The van der Waals surface area contributed by atoms with Crippen molar-refractivity contribution in [1.29, 1.82) is 0 Å². The van der Waals surface area contributed by atoms with E-state index in [1.54, 1.807) is 0 Å². The number of thiol groups is 1. The summed E-state index contributed by atoms with van der Waals surface area (Å²) in [5, 5.41) is 2.80. The minimum absolute atomic E-state index is 0.00861. The Hall–Kier alpha value is -1.16. The van der Waals surface area contributed by atoms with Crippen LogP contribution >= 0.6 is 12.6 Å². The van der Waals surface area contributed by atoms with Crippen molar-refractivity contribution in [2.45, 2.75) is 6.42 Å². The molecule has 1 N–H and O–H groups in total. The van der Waals surface area contributed by atoms with Gasteiger partial charge in [-0.15, -0.1) is 0 Å². The van der Waals surface area contributed by atoms with Gasteiger partial charge in [-0.25, -0.2) is 0 Å². The van der Waals surface area contributed by atoms with Gasteiger partial charge in [-0.2, -0.15) is 12.6 Å². The van der Waals surface area contributed by atoms with Gasteiger partial charge in [-0.1, -0.05) is 18.2 Å². The van der Waals surface area contributed by atoms with E-state index in [1.165, 1.54) is 5.69 Å². The molecule has 0 atom stereocenters. The van der Waals surface area contributed by atoms with Crippen molar-refractivity contribution >= 4 is 24.2 Å². The molecule has 0 aliphatic rings. The number of nitrogens with zero attached hydrogens (tertiary/aromatic N) is 1. The van der Waals surface area contributed by atoms with Gasteiger partial charge < -0.3 is 10.2 Å². The molecular weight excluding hydrogens is 220 g/mol. The van der Waals surface area contributed by atoms with Crippen molar-refractivity contribution in [2.75, 3.05) is 30.8 Å². The third-order valence-electron chi connectivity index (χ3n) is 2.33. The number of benzene rings is 1. The number of amides is 1. The summed E-state index contributed by atoms with van der Waals surface area (Å²) in [7, 11) is 2.05. The third kappa shape index (κ3) is 4.57. The number of hydrogen-bond acceptors (Lipinski definition) is 3. The van der Waals surface area contributed by atoms with Crippen LogP contribution in [-0.4, -0.2) is 31.8 Å². The van der Waals surface area contributed by atoms with Crippen molar-refractivity contribution in [1.82, 2.24) is 5.32 Å². The van der Waals surface area contributed by atoms with Gasteiger partial charge >= 0.3 is 0 Å². The van der Waals surface area contributed by atoms with E-state index in [2.05, 4.69) is 42.0 Å². The number of anilines is 1. The molecule has 0 unspecified atom stereocenters.